The van der Waals surface area contributed by atoms with E-state index in [2.05, 4.69) is 10.1 Å². The number of benzene rings is 2. The van der Waals surface area contributed by atoms with E-state index in [-0.39, 0.29) is 11.7 Å². The van der Waals surface area contributed by atoms with Gasteiger partial charge in [-0.2, -0.15) is 5.10 Å². The van der Waals surface area contributed by atoms with E-state index in [4.69, 9.17) is 0 Å². The zero-order valence-corrected chi connectivity index (χ0v) is 18.2. The third kappa shape index (κ3) is 4.18. The van der Waals surface area contributed by atoms with E-state index >= 15 is 0 Å². The van der Waals surface area contributed by atoms with Gasteiger partial charge in [-0.3, -0.25) is 4.79 Å². The number of anilines is 1. The molecule has 1 aliphatic heterocycles. The molecule has 0 aliphatic carbocycles. The second-order valence-corrected chi connectivity index (χ2v) is 8.53. The van der Waals surface area contributed by atoms with Crippen molar-refractivity contribution in [2.45, 2.75) is 5.03 Å². The van der Waals surface area contributed by atoms with Crippen molar-refractivity contribution in [2.24, 2.45) is 0 Å². The van der Waals surface area contributed by atoms with Crippen molar-refractivity contribution >= 4 is 28.9 Å². The van der Waals surface area contributed by atoms with Crippen LogP contribution >= 0.6 is 11.8 Å². The molecule has 2 aromatic heterocycles. The fourth-order valence-electron chi connectivity index (χ4n) is 3.89. The molecule has 32 heavy (non-hydrogen) atoms. The molecule has 8 heteroatoms. The van der Waals surface area contributed by atoms with Crippen LogP contribution in [-0.2, 0) is 4.79 Å². The lowest BCUT2D eigenvalue weighted by molar-refractivity contribution is -0.128. The minimum absolute atomic E-state index is 0.0646. The number of rotatable bonds is 5. The van der Waals surface area contributed by atoms with Gasteiger partial charge < -0.3 is 9.80 Å². The number of thioether (sulfide) groups is 1. The summed E-state index contributed by atoms with van der Waals surface area (Å²) in [6.07, 6.45) is 3.52. The zero-order valence-electron chi connectivity index (χ0n) is 17.4. The highest BCUT2D eigenvalue weighted by Gasteiger charge is 2.23. The Morgan fingerprint density at radius 1 is 1.00 bits per heavy atom. The van der Waals surface area contributed by atoms with E-state index in [1.165, 1.54) is 17.8 Å². The molecule has 3 heterocycles. The van der Waals surface area contributed by atoms with Gasteiger partial charge in [0.15, 0.2) is 0 Å². The maximum atomic E-state index is 14.0. The van der Waals surface area contributed by atoms with Gasteiger partial charge in [-0.05, 0) is 18.2 Å². The fourth-order valence-corrected chi connectivity index (χ4v) is 4.76. The van der Waals surface area contributed by atoms with E-state index in [1.807, 2.05) is 58.5 Å². The summed E-state index contributed by atoms with van der Waals surface area (Å²) in [5, 5.41) is 5.41. The summed E-state index contributed by atoms with van der Waals surface area (Å²) in [6, 6.07) is 18.8. The summed E-state index contributed by atoms with van der Waals surface area (Å²) in [5.41, 5.74) is 3.39. The van der Waals surface area contributed by atoms with Crippen LogP contribution in [0.3, 0.4) is 0 Å². The lowest BCUT2D eigenvalue weighted by Gasteiger charge is -2.36. The summed E-state index contributed by atoms with van der Waals surface area (Å²) in [4.78, 5) is 21.1. The maximum Gasteiger partial charge on any atom is 0.233 e. The van der Waals surface area contributed by atoms with Gasteiger partial charge >= 0.3 is 0 Å². The van der Waals surface area contributed by atoms with E-state index in [0.29, 0.717) is 37.6 Å². The molecule has 2 aromatic carbocycles. The van der Waals surface area contributed by atoms with Gasteiger partial charge in [-0.15, -0.1) is 0 Å². The largest absolute Gasteiger partial charge is 0.366 e. The molecule has 6 nitrogen and oxygen atoms in total. The van der Waals surface area contributed by atoms with Crippen molar-refractivity contribution in [1.82, 2.24) is 19.5 Å². The van der Waals surface area contributed by atoms with Gasteiger partial charge in [0.2, 0.25) is 5.91 Å². The zero-order chi connectivity index (χ0) is 21.9. The van der Waals surface area contributed by atoms with Crippen LogP contribution < -0.4 is 4.90 Å². The van der Waals surface area contributed by atoms with Crippen LogP contribution in [0.15, 0.2) is 78.1 Å². The Kier molecular flexibility index (Phi) is 5.77. The number of hydrogen-bond acceptors (Lipinski definition) is 5. The van der Waals surface area contributed by atoms with Crippen LogP contribution in [0.2, 0.25) is 0 Å². The van der Waals surface area contributed by atoms with E-state index in [9.17, 15) is 9.18 Å². The Bertz CT molecular complexity index is 1240. The third-order valence-electron chi connectivity index (χ3n) is 5.58. The average molecular weight is 448 g/mol. The van der Waals surface area contributed by atoms with Crippen molar-refractivity contribution in [2.75, 3.05) is 36.8 Å². The van der Waals surface area contributed by atoms with Gasteiger partial charge in [-0.1, -0.05) is 54.2 Å². The standard InChI is InChI=1S/C24H22FN5OS/c25-19-8-4-5-9-21(19)28-12-14-29(15-13-28)23(31)17-32-24-22-16-20(18-6-2-1-3-7-18)27-30(22)11-10-26-24/h1-11,16H,12-15,17H2. The molecule has 0 saturated carbocycles. The number of carbonyl (C=O) groups excluding carboxylic acids is 1. The van der Waals surface area contributed by atoms with Crippen molar-refractivity contribution in [3.63, 3.8) is 0 Å². The number of aromatic nitrogens is 3. The molecular weight excluding hydrogens is 425 g/mol. The summed E-state index contributed by atoms with van der Waals surface area (Å²) < 4.78 is 15.8. The lowest BCUT2D eigenvalue weighted by Crippen LogP contribution is -2.49. The molecule has 0 spiro atoms. The Labute approximate surface area is 189 Å². The Balaban J connectivity index is 1.23. The normalized spacial score (nSPS) is 14.2. The molecule has 1 amide bonds. The van der Waals surface area contributed by atoms with Gasteiger partial charge in [0, 0.05) is 44.1 Å². The predicted molar refractivity (Wildman–Crippen MR) is 124 cm³/mol. The van der Waals surface area contributed by atoms with Crippen LogP contribution in [0.1, 0.15) is 0 Å². The SMILES string of the molecule is O=C(CSc1nccn2nc(-c3ccccc3)cc12)N1CCN(c2ccccc2F)CC1. The Morgan fingerprint density at radius 3 is 2.53 bits per heavy atom. The molecule has 0 unspecified atom stereocenters. The minimum Gasteiger partial charge on any atom is -0.366 e. The van der Waals surface area contributed by atoms with Crippen molar-refractivity contribution in [3.8, 4) is 11.3 Å². The number of para-hydroxylation sites is 1. The molecule has 1 saturated heterocycles. The van der Waals surface area contributed by atoms with Crippen LogP contribution in [-0.4, -0.2) is 57.3 Å². The predicted octanol–water partition coefficient (Wildman–Crippen LogP) is 3.98. The second kappa shape index (κ2) is 9.00. The van der Waals surface area contributed by atoms with Crippen LogP contribution in [0.4, 0.5) is 10.1 Å². The molecule has 1 fully saturated rings. The van der Waals surface area contributed by atoms with E-state index in [1.54, 1.807) is 22.8 Å². The summed E-state index contributed by atoms with van der Waals surface area (Å²) in [6.45, 7) is 2.40. The fraction of sp³-hybridized carbons (Fsp3) is 0.208. The number of hydrogen-bond donors (Lipinski definition) is 0. The monoisotopic (exact) mass is 447 g/mol. The number of amides is 1. The highest BCUT2D eigenvalue weighted by molar-refractivity contribution is 8.00. The van der Waals surface area contributed by atoms with Crippen LogP contribution in [0.25, 0.3) is 16.8 Å². The highest BCUT2D eigenvalue weighted by atomic mass is 32.2. The van der Waals surface area contributed by atoms with E-state index < -0.39 is 0 Å². The first-order valence-electron chi connectivity index (χ1n) is 10.5. The number of piperazine rings is 1. The summed E-state index contributed by atoms with van der Waals surface area (Å²) in [5.74, 6) is 0.144. The van der Waals surface area contributed by atoms with Gasteiger partial charge in [0.05, 0.1) is 22.7 Å². The number of nitrogens with zero attached hydrogens (tertiary/aromatic N) is 5. The number of fused-ring (bicyclic) bond motifs is 1. The molecular formula is C24H22FN5OS. The number of halogens is 1. The van der Waals surface area contributed by atoms with Gasteiger partial charge in [0.1, 0.15) is 10.8 Å². The molecule has 162 valence electrons. The molecule has 4 aromatic rings. The van der Waals surface area contributed by atoms with Crippen molar-refractivity contribution in [1.29, 1.82) is 0 Å². The van der Waals surface area contributed by atoms with Gasteiger partial charge in [-0.25, -0.2) is 13.9 Å². The molecule has 0 N–H and O–H groups in total. The van der Waals surface area contributed by atoms with Crippen LogP contribution in [0, 0.1) is 5.82 Å². The Hall–Kier alpha value is -3.39. The topological polar surface area (TPSA) is 53.7 Å². The molecule has 1 aliphatic rings. The van der Waals surface area contributed by atoms with Crippen molar-refractivity contribution < 1.29 is 9.18 Å². The molecule has 0 radical (unpaired) electrons. The molecule has 0 bridgehead atoms. The summed E-state index contributed by atoms with van der Waals surface area (Å²) in [7, 11) is 0. The highest BCUT2D eigenvalue weighted by Crippen LogP contribution is 2.26. The Morgan fingerprint density at radius 2 is 1.75 bits per heavy atom. The van der Waals surface area contributed by atoms with E-state index in [0.717, 1.165) is 21.8 Å². The first-order chi connectivity index (χ1) is 15.7. The average Bonchev–Trinajstić information content (AvgIpc) is 3.29. The smallest absolute Gasteiger partial charge is 0.233 e. The quantitative estimate of drug-likeness (QED) is 0.433. The first-order valence-corrected chi connectivity index (χ1v) is 11.5. The molecule has 5 rings (SSSR count). The lowest BCUT2D eigenvalue weighted by atomic mass is 10.1. The van der Waals surface area contributed by atoms with Crippen LogP contribution in [0.5, 0.6) is 0 Å². The minimum atomic E-state index is -0.224. The third-order valence-corrected chi connectivity index (χ3v) is 6.56. The van der Waals surface area contributed by atoms with Crippen molar-refractivity contribution in [3.05, 3.63) is 78.9 Å². The second-order valence-electron chi connectivity index (χ2n) is 7.57. The maximum absolute atomic E-state index is 14.0. The molecule has 0 atom stereocenters. The first kappa shape index (κ1) is 20.5. The number of carbonyl (C=O) groups is 1. The van der Waals surface area contributed by atoms with Gasteiger partial charge in [0.25, 0.3) is 0 Å². The summed E-state index contributed by atoms with van der Waals surface area (Å²) >= 11 is 1.42.